The maximum atomic E-state index is 12.5. The predicted octanol–water partition coefficient (Wildman–Crippen LogP) is 4.05. The van der Waals surface area contributed by atoms with Crippen molar-refractivity contribution in [1.29, 1.82) is 0 Å². The number of amides is 1. The molecule has 0 fully saturated rings. The summed E-state index contributed by atoms with van der Waals surface area (Å²) >= 11 is 0. The van der Waals surface area contributed by atoms with Crippen LogP contribution in [0.3, 0.4) is 0 Å². The molecule has 3 aromatic carbocycles. The topological polar surface area (TPSA) is 75.3 Å². The Kier molecular flexibility index (Phi) is 5.04. The van der Waals surface area contributed by atoms with Crippen LogP contribution in [0.5, 0.6) is 0 Å². The Morgan fingerprint density at radius 1 is 0.808 bits per heavy atom. The van der Waals surface area contributed by atoms with Gasteiger partial charge in [-0.1, -0.05) is 30.3 Å². The van der Waals surface area contributed by atoms with Crippen molar-refractivity contribution in [3.8, 4) is 0 Å². The van der Waals surface area contributed by atoms with Gasteiger partial charge in [0.05, 0.1) is 4.90 Å². The molecule has 3 rings (SSSR count). The smallest absolute Gasteiger partial charge is 0.261 e. The number of para-hydroxylation sites is 1. The van der Waals surface area contributed by atoms with E-state index in [4.69, 9.17) is 0 Å². The second-order valence-electron chi connectivity index (χ2n) is 5.82. The molecule has 0 aliphatic heterocycles. The van der Waals surface area contributed by atoms with Gasteiger partial charge in [-0.15, -0.1) is 0 Å². The molecule has 2 N–H and O–H groups in total. The molecule has 0 saturated heterocycles. The first-order chi connectivity index (χ1) is 12.4. The van der Waals surface area contributed by atoms with Gasteiger partial charge < -0.3 is 5.32 Å². The van der Waals surface area contributed by atoms with Gasteiger partial charge in [0.25, 0.3) is 15.9 Å². The lowest BCUT2D eigenvalue weighted by Gasteiger charge is -2.10. The summed E-state index contributed by atoms with van der Waals surface area (Å²) in [4.78, 5) is 12.3. The molecule has 0 heterocycles. The molecule has 1 amide bonds. The van der Waals surface area contributed by atoms with Gasteiger partial charge >= 0.3 is 0 Å². The molecule has 0 radical (unpaired) electrons. The zero-order chi connectivity index (χ0) is 18.6. The highest BCUT2D eigenvalue weighted by Gasteiger charge is 2.15. The lowest BCUT2D eigenvalue weighted by molar-refractivity contribution is 0.102. The maximum Gasteiger partial charge on any atom is 0.261 e. The van der Waals surface area contributed by atoms with E-state index in [1.807, 2.05) is 31.2 Å². The number of anilines is 2. The van der Waals surface area contributed by atoms with Crippen molar-refractivity contribution < 1.29 is 13.2 Å². The number of nitrogens with one attached hydrogen (secondary N) is 2. The zero-order valence-electron chi connectivity index (χ0n) is 14.1. The molecule has 0 saturated carbocycles. The summed E-state index contributed by atoms with van der Waals surface area (Å²) in [5, 5.41) is 2.76. The van der Waals surface area contributed by atoms with Crippen molar-refractivity contribution in [3.63, 3.8) is 0 Å². The van der Waals surface area contributed by atoms with Gasteiger partial charge in [-0.3, -0.25) is 9.52 Å². The third-order valence-corrected chi connectivity index (χ3v) is 5.13. The minimum Gasteiger partial charge on any atom is -0.322 e. The average molecular weight is 366 g/mol. The molecular formula is C20H18N2O3S. The first kappa shape index (κ1) is 17.7. The standard InChI is InChI=1S/C20H18N2O3S/c1-15-6-5-9-18(14-15)22-26(24,25)19-12-10-16(11-13-19)20(23)21-17-7-3-2-4-8-17/h2-14,22H,1H3,(H,21,23). The van der Waals surface area contributed by atoms with E-state index in [2.05, 4.69) is 10.0 Å². The molecule has 0 aromatic heterocycles. The van der Waals surface area contributed by atoms with Crippen molar-refractivity contribution in [2.24, 2.45) is 0 Å². The summed E-state index contributed by atoms with van der Waals surface area (Å²) < 4.78 is 27.5. The summed E-state index contributed by atoms with van der Waals surface area (Å²) in [5.74, 6) is -0.299. The number of hydrogen-bond donors (Lipinski definition) is 2. The van der Waals surface area contributed by atoms with E-state index in [9.17, 15) is 13.2 Å². The molecule has 0 aliphatic carbocycles. The highest BCUT2D eigenvalue weighted by atomic mass is 32.2. The monoisotopic (exact) mass is 366 g/mol. The highest BCUT2D eigenvalue weighted by Crippen LogP contribution is 2.18. The Bertz CT molecular complexity index is 1010. The molecule has 132 valence electrons. The molecule has 3 aromatic rings. The van der Waals surface area contributed by atoms with E-state index >= 15 is 0 Å². The van der Waals surface area contributed by atoms with Gasteiger partial charge in [0.15, 0.2) is 0 Å². The fourth-order valence-corrected chi connectivity index (χ4v) is 3.48. The largest absolute Gasteiger partial charge is 0.322 e. The average Bonchev–Trinajstić information content (AvgIpc) is 2.62. The van der Waals surface area contributed by atoms with Crippen molar-refractivity contribution >= 4 is 27.3 Å². The van der Waals surface area contributed by atoms with Crippen molar-refractivity contribution in [2.75, 3.05) is 10.0 Å². The van der Waals surface area contributed by atoms with E-state index in [-0.39, 0.29) is 10.8 Å². The van der Waals surface area contributed by atoms with E-state index in [0.717, 1.165) is 5.56 Å². The van der Waals surface area contributed by atoms with Gasteiger partial charge in [0.1, 0.15) is 0 Å². The normalized spacial score (nSPS) is 11.0. The van der Waals surface area contributed by atoms with Crippen LogP contribution in [0.15, 0.2) is 83.8 Å². The molecule has 5 nitrogen and oxygen atoms in total. The van der Waals surface area contributed by atoms with Crippen LogP contribution < -0.4 is 10.0 Å². The first-order valence-electron chi connectivity index (χ1n) is 8.00. The minimum absolute atomic E-state index is 0.0928. The SMILES string of the molecule is Cc1cccc(NS(=O)(=O)c2ccc(C(=O)Nc3ccccc3)cc2)c1. The van der Waals surface area contributed by atoms with Crippen molar-refractivity contribution in [3.05, 3.63) is 90.0 Å². The predicted molar refractivity (Wildman–Crippen MR) is 103 cm³/mol. The van der Waals surface area contributed by atoms with Crippen LogP contribution in [-0.2, 0) is 10.0 Å². The van der Waals surface area contributed by atoms with E-state index < -0.39 is 10.0 Å². The fraction of sp³-hybridized carbons (Fsp3) is 0.0500. The van der Waals surface area contributed by atoms with Crippen molar-refractivity contribution in [1.82, 2.24) is 0 Å². The van der Waals surface area contributed by atoms with Gasteiger partial charge in [0, 0.05) is 16.9 Å². The van der Waals surface area contributed by atoms with Crippen LogP contribution in [0.1, 0.15) is 15.9 Å². The second-order valence-corrected chi connectivity index (χ2v) is 7.50. The molecule has 0 atom stereocenters. The Balaban J connectivity index is 1.75. The number of carbonyl (C=O) groups excluding carboxylic acids is 1. The number of hydrogen-bond acceptors (Lipinski definition) is 3. The zero-order valence-corrected chi connectivity index (χ0v) is 15.0. The van der Waals surface area contributed by atoms with Crippen LogP contribution in [0.2, 0.25) is 0 Å². The summed E-state index contributed by atoms with van der Waals surface area (Å²) in [6, 6.07) is 22.0. The number of rotatable bonds is 5. The summed E-state index contributed by atoms with van der Waals surface area (Å²) in [5.41, 5.74) is 2.51. The highest BCUT2D eigenvalue weighted by molar-refractivity contribution is 7.92. The quantitative estimate of drug-likeness (QED) is 0.715. The Hall–Kier alpha value is -3.12. The first-order valence-corrected chi connectivity index (χ1v) is 9.48. The lowest BCUT2D eigenvalue weighted by atomic mass is 10.2. The molecule has 0 aliphatic rings. The molecule has 0 unspecified atom stereocenters. The molecule has 0 spiro atoms. The van der Waals surface area contributed by atoms with Gasteiger partial charge in [-0.25, -0.2) is 8.42 Å². The van der Waals surface area contributed by atoms with Gasteiger partial charge in [-0.05, 0) is 61.0 Å². The molecule has 6 heteroatoms. The number of carbonyl (C=O) groups is 1. The lowest BCUT2D eigenvalue weighted by Crippen LogP contribution is -2.14. The number of aryl methyl sites for hydroxylation is 1. The fourth-order valence-electron chi connectivity index (χ4n) is 2.43. The van der Waals surface area contributed by atoms with E-state index in [0.29, 0.717) is 16.9 Å². The Morgan fingerprint density at radius 3 is 2.12 bits per heavy atom. The summed E-state index contributed by atoms with van der Waals surface area (Å²) in [6.45, 7) is 1.89. The van der Waals surface area contributed by atoms with Crippen LogP contribution in [-0.4, -0.2) is 14.3 Å². The van der Waals surface area contributed by atoms with Crippen LogP contribution in [0.25, 0.3) is 0 Å². The van der Waals surface area contributed by atoms with E-state index in [1.54, 1.807) is 30.3 Å². The Morgan fingerprint density at radius 2 is 1.46 bits per heavy atom. The Labute approximate surface area is 152 Å². The van der Waals surface area contributed by atoms with Gasteiger partial charge in [-0.2, -0.15) is 0 Å². The molecular weight excluding hydrogens is 348 g/mol. The summed E-state index contributed by atoms with van der Waals surface area (Å²) in [7, 11) is -3.71. The van der Waals surface area contributed by atoms with Crippen LogP contribution in [0, 0.1) is 6.92 Å². The third kappa shape index (κ3) is 4.29. The minimum atomic E-state index is -3.71. The molecule has 0 bridgehead atoms. The summed E-state index contributed by atoms with van der Waals surface area (Å²) in [6.07, 6.45) is 0. The molecule has 26 heavy (non-hydrogen) atoms. The van der Waals surface area contributed by atoms with Crippen LogP contribution >= 0.6 is 0 Å². The van der Waals surface area contributed by atoms with Crippen LogP contribution in [0.4, 0.5) is 11.4 Å². The van der Waals surface area contributed by atoms with Gasteiger partial charge in [0.2, 0.25) is 0 Å². The van der Waals surface area contributed by atoms with E-state index in [1.165, 1.54) is 24.3 Å². The second kappa shape index (κ2) is 7.41. The maximum absolute atomic E-state index is 12.5. The number of sulfonamides is 1. The number of benzene rings is 3. The third-order valence-electron chi connectivity index (χ3n) is 3.73. The van der Waals surface area contributed by atoms with Crippen molar-refractivity contribution in [2.45, 2.75) is 11.8 Å².